The number of ether oxygens (including phenoxy) is 2. The molecule has 1 aromatic heterocycles. The van der Waals surface area contributed by atoms with Crippen LogP contribution in [-0.4, -0.2) is 61.9 Å². The van der Waals surface area contributed by atoms with Crippen LogP contribution in [0.25, 0.3) is 0 Å². The molecule has 1 amide bonds. The first-order chi connectivity index (χ1) is 11.2. The van der Waals surface area contributed by atoms with Crippen molar-refractivity contribution in [1.29, 1.82) is 0 Å². The summed E-state index contributed by atoms with van der Waals surface area (Å²) in [5, 5.41) is 3.02. The van der Waals surface area contributed by atoms with Gasteiger partial charge in [-0.1, -0.05) is 0 Å². The minimum atomic E-state index is -0.418. The zero-order chi connectivity index (χ0) is 16.1. The van der Waals surface area contributed by atoms with E-state index >= 15 is 0 Å². The monoisotopic (exact) mass is 319 g/mol. The number of fused-ring (bicyclic) bond motifs is 1. The zero-order valence-corrected chi connectivity index (χ0v) is 13.7. The molecular weight excluding hydrogens is 294 g/mol. The van der Waals surface area contributed by atoms with Crippen molar-refractivity contribution < 1.29 is 14.3 Å². The Morgan fingerprint density at radius 2 is 2.35 bits per heavy atom. The van der Waals surface area contributed by atoms with Crippen LogP contribution in [0, 0.1) is 5.41 Å². The lowest BCUT2D eigenvalue weighted by atomic mass is 9.75. The number of aromatic nitrogens is 1. The van der Waals surface area contributed by atoms with Crippen molar-refractivity contribution in [2.75, 3.05) is 40.0 Å². The summed E-state index contributed by atoms with van der Waals surface area (Å²) in [7, 11) is 1.64. The number of hydrogen-bond donors (Lipinski definition) is 1. The van der Waals surface area contributed by atoms with Crippen molar-refractivity contribution >= 4 is 5.91 Å². The first-order valence-corrected chi connectivity index (χ1v) is 8.25. The number of piperidine rings is 1. The highest BCUT2D eigenvalue weighted by Crippen LogP contribution is 2.41. The van der Waals surface area contributed by atoms with Gasteiger partial charge in [0, 0.05) is 52.3 Å². The molecule has 6 nitrogen and oxygen atoms in total. The highest BCUT2D eigenvalue weighted by molar-refractivity contribution is 5.84. The van der Waals surface area contributed by atoms with E-state index in [2.05, 4.69) is 15.2 Å². The van der Waals surface area contributed by atoms with Crippen molar-refractivity contribution in [3.8, 4) is 0 Å². The van der Waals surface area contributed by atoms with Gasteiger partial charge in [0.05, 0.1) is 18.1 Å². The van der Waals surface area contributed by atoms with Gasteiger partial charge in [0.15, 0.2) is 0 Å². The fraction of sp³-hybridized carbons (Fsp3) is 0.647. The Hall–Kier alpha value is -1.50. The van der Waals surface area contributed by atoms with Gasteiger partial charge in [-0.25, -0.2) is 0 Å². The number of pyridine rings is 1. The summed E-state index contributed by atoms with van der Waals surface area (Å²) in [5.74, 6) is 0.108. The normalized spacial score (nSPS) is 27.6. The van der Waals surface area contributed by atoms with Crippen LogP contribution in [-0.2, 0) is 20.8 Å². The minimum Gasteiger partial charge on any atom is -0.383 e. The van der Waals surface area contributed by atoms with Gasteiger partial charge >= 0.3 is 0 Å². The topological polar surface area (TPSA) is 63.7 Å². The lowest BCUT2D eigenvalue weighted by Gasteiger charge is -2.42. The maximum atomic E-state index is 12.8. The smallest absolute Gasteiger partial charge is 0.230 e. The van der Waals surface area contributed by atoms with E-state index in [1.165, 1.54) is 5.56 Å². The predicted molar refractivity (Wildman–Crippen MR) is 85.8 cm³/mol. The SMILES string of the molecule is COCCNC(=O)[C@]12CCO[C@H]1CCN(Cc1ccncc1)C2. The molecule has 0 radical (unpaired) electrons. The second-order valence-electron chi connectivity index (χ2n) is 6.37. The van der Waals surface area contributed by atoms with Gasteiger partial charge in [0.25, 0.3) is 0 Å². The number of carbonyl (C=O) groups is 1. The van der Waals surface area contributed by atoms with Crippen LogP contribution in [0.4, 0.5) is 0 Å². The Labute approximate surface area is 137 Å². The Kier molecular flexibility index (Phi) is 5.25. The third-order valence-electron chi connectivity index (χ3n) is 4.90. The molecular formula is C17H25N3O3. The van der Waals surface area contributed by atoms with Crippen LogP contribution < -0.4 is 5.32 Å². The number of nitrogens with one attached hydrogen (secondary N) is 1. The fourth-order valence-electron chi connectivity index (χ4n) is 3.68. The molecule has 1 aromatic rings. The molecule has 0 aromatic carbocycles. The fourth-order valence-corrected chi connectivity index (χ4v) is 3.68. The Morgan fingerprint density at radius 1 is 1.52 bits per heavy atom. The van der Waals surface area contributed by atoms with E-state index < -0.39 is 5.41 Å². The van der Waals surface area contributed by atoms with Crippen molar-refractivity contribution in [1.82, 2.24) is 15.2 Å². The van der Waals surface area contributed by atoms with Crippen molar-refractivity contribution in [2.45, 2.75) is 25.5 Å². The van der Waals surface area contributed by atoms with E-state index in [1.807, 2.05) is 24.5 Å². The number of methoxy groups -OCH3 is 1. The van der Waals surface area contributed by atoms with E-state index in [1.54, 1.807) is 7.11 Å². The molecule has 2 saturated heterocycles. The Morgan fingerprint density at radius 3 is 3.13 bits per heavy atom. The van der Waals surface area contributed by atoms with Gasteiger partial charge < -0.3 is 14.8 Å². The van der Waals surface area contributed by atoms with Crippen LogP contribution in [0.3, 0.4) is 0 Å². The largest absolute Gasteiger partial charge is 0.383 e. The van der Waals surface area contributed by atoms with Crippen molar-refractivity contribution in [3.63, 3.8) is 0 Å². The number of likely N-dealkylation sites (tertiary alicyclic amines) is 1. The van der Waals surface area contributed by atoms with Crippen molar-refractivity contribution in [2.24, 2.45) is 5.41 Å². The molecule has 1 N–H and O–H groups in total. The number of carbonyl (C=O) groups excluding carboxylic acids is 1. The third kappa shape index (κ3) is 3.54. The van der Waals surface area contributed by atoms with Crippen molar-refractivity contribution in [3.05, 3.63) is 30.1 Å². The molecule has 2 atom stereocenters. The van der Waals surface area contributed by atoms with Gasteiger partial charge in [-0.05, 0) is 30.5 Å². The molecule has 2 aliphatic heterocycles. The van der Waals surface area contributed by atoms with Gasteiger partial charge in [-0.15, -0.1) is 0 Å². The summed E-state index contributed by atoms with van der Waals surface area (Å²) in [6.07, 6.45) is 5.37. The molecule has 23 heavy (non-hydrogen) atoms. The van der Waals surface area contributed by atoms with E-state index in [4.69, 9.17) is 9.47 Å². The molecule has 3 rings (SSSR count). The number of rotatable bonds is 6. The van der Waals surface area contributed by atoms with E-state index in [0.29, 0.717) is 19.8 Å². The first kappa shape index (κ1) is 16.4. The zero-order valence-electron chi connectivity index (χ0n) is 13.7. The number of nitrogens with zero attached hydrogens (tertiary/aromatic N) is 2. The molecule has 0 bridgehead atoms. The lowest BCUT2D eigenvalue weighted by Crippen LogP contribution is -2.57. The maximum absolute atomic E-state index is 12.8. The average Bonchev–Trinajstić information content (AvgIpc) is 3.00. The van der Waals surface area contributed by atoms with E-state index in [0.717, 1.165) is 32.5 Å². The summed E-state index contributed by atoms with van der Waals surface area (Å²) in [6.45, 7) is 4.31. The summed E-state index contributed by atoms with van der Waals surface area (Å²) in [5.41, 5.74) is 0.811. The quantitative estimate of drug-likeness (QED) is 0.787. The van der Waals surface area contributed by atoms with Crippen LogP contribution in [0.15, 0.2) is 24.5 Å². The lowest BCUT2D eigenvalue weighted by molar-refractivity contribution is -0.139. The van der Waals surface area contributed by atoms with Crippen LogP contribution in [0.5, 0.6) is 0 Å². The molecule has 0 aliphatic carbocycles. The highest BCUT2D eigenvalue weighted by Gasteiger charge is 2.52. The van der Waals surface area contributed by atoms with Gasteiger partial charge in [0.1, 0.15) is 0 Å². The van der Waals surface area contributed by atoms with Gasteiger partial charge in [0.2, 0.25) is 5.91 Å². The Bertz CT molecular complexity index is 525. The maximum Gasteiger partial charge on any atom is 0.230 e. The van der Waals surface area contributed by atoms with Crippen LogP contribution in [0.2, 0.25) is 0 Å². The number of hydrogen-bond acceptors (Lipinski definition) is 5. The van der Waals surface area contributed by atoms with E-state index in [9.17, 15) is 4.79 Å². The highest BCUT2D eigenvalue weighted by atomic mass is 16.5. The second kappa shape index (κ2) is 7.38. The summed E-state index contributed by atoms with van der Waals surface area (Å²) in [6, 6.07) is 4.06. The molecule has 2 aliphatic rings. The molecule has 2 fully saturated rings. The standard InChI is InChI=1S/C17H25N3O3/c1-22-11-8-19-16(21)17-5-10-23-15(17)4-9-20(13-17)12-14-2-6-18-7-3-14/h2-3,6-7,15H,4-5,8-13H2,1H3,(H,19,21)/t15-,17-/m0/s1. The summed E-state index contributed by atoms with van der Waals surface area (Å²) < 4.78 is 10.9. The first-order valence-electron chi connectivity index (χ1n) is 8.25. The van der Waals surface area contributed by atoms with Crippen LogP contribution >= 0.6 is 0 Å². The molecule has 0 unspecified atom stereocenters. The molecule has 3 heterocycles. The molecule has 6 heteroatoms. The minimum absolute atomic E-state index is 0.0405. The average molecular weight is 319 g/mol. The Balaban J connectivity index is 1.67. The predicted octanol–water partition coefficient (Wildman–Crippen LogP) is 0.825. The summed E-state index contributed by atoms with van der Waals surface area (Å²) in [4.78, 5) is 19.2. The summed E-state index contributed by atoms with van der Waals surface area (Å²) >= 11 is 0. The molecule has 0 spiro atoms. The van der Waals surface area contributed by atoms with Crippen LogP contribution in [0.1, 0.15) is 18.4 Å². The molecule has 126 valence electrons. The van der Waals surface area contributed by atoms with Gasteiger partial charge in [-0.3, -0.25) is 14.7 Å². The number of amides is 1. The molecule has 0 saturated carbocycles. The van der Waals surface area contributed by atoms with Gasteiger partial charge in [-0.2, -0.15) is 0 Å². The van der Waals surface area contributed by atoms with E-state index in [-0.39, 0.29) is 12.0 Å². The third-order valence-corrected chi connectivity index (χ3v) is 4.90. The second-order valence-corrected chi connectivity index (χ2v) is 6.37.